The summed E-state index contributed by atoms with van der Waals surface area (Å²) in [6.07, 6.45) is 8.05. The molecule has 5 N–H and O–H groups in total. The third-order valence-electron chi connectivity index (χ3n) is 7.02. The molecule has 0 radical (unpaired) electrons. The van der Waals surface area contributed by atoms with Crippen LogP contribution in [-0.2, 0) is 0 Å². The topological polar surface area (TPSA) is 78.2 Å². The van der Waals surface area contributed by atoms with E-state index in [1.165, 1.54) is 11.3 Å². The van der Waals surface area contributed by atoms with Crippen LogP contribution in [0.15, 0.2) is 42.7 Å². The molecule has 0 bridgehead atoms. The number of fused-ring (bicyclic) bond motifs is 1. The van der Waals surface area contributed by atoms with E-state index in [9.17, 15) is 4.39 Å². The van der Waals surface area contributed by atoms with Gasteiger partial charge < -0.3 is 16.0 Å². The Hall–Kier alpha value is -2.06. The van der Waals surface area contributed by atoms with Crippen LogP contribution in [0.4, 0.5) is 10.1 Å². The van der Waals surface area contributed by atoms with E-state index in [-0.39, 0.29) is 23.9 Å². The van der Waals surface area contributed by atoms with Crippen LogP contribution in [0.2, 0.25) is 0 Å². The summed E-state index contributed by atoms with van der Waals surface area (Å²) in [5.74, 6) is 0.161. The lowest BCUT2D eigenvalue weighted by atomic mass is 9.80. The van der Waals surface area contributed by atoms with Crippen molar-refractivity contribution in [2.75, 3.05) is 24.5 Å². The summed E-state index contributed by atoms with van der Waals surface area (Å²) in [7, 11) is 0. The Morgan fingerprint density at radius 2 is 1.97 bits per heavy atom. The molecule has 2 aromatic rings. The van der Waals surface area contributed by atoms with Gasteiger partial charge in [-0.3, -0.25) is 10.4 Å². The average Bonchev–Trinajstić information content (AvgIpc) is 3.07. The van der Waals surface area contributed by atoms with Gasteiger partial charge in [0.2, 0.25) is 0 Å². The highest BCUT2D eigenvalue weighted by Gasteiger charge is 2.42. The number of hydrogen-bond acceptors (Lipinski definition) is 6. The van der Waals surface area contributed by atoms with Gasteiger partial charge in [0, 0.05) is 67.0 Å². The van der Waals surface area contributed by atoms with Gasteiger partial charge in [0.05, 0.1) is 6.04 Å². The zero-order valence-electron chi connectivity index (χ0n) is 17.2. The van der Waals surface area contributed by atoms with E-state index >= 15 is 0 Å². The molecule has 160 valence electrons. The third kappa shape index (κ3) is 3.83. The quantitative estimate of drug-likeness (QED) is 0.623. The van der Waals surface area contributed by atoms with Crippen molar-refractivity contribution >= 4 is 5.69 Å². The van der Waals surface area contributed by atoms with Crippen molar-refractivity contribution in [2.45, 2.75) is 49.9 Å². The lowest BCUT2D eigenvalue weighted by molar-refractivity contribution is 0.265. The molecule has 7 heteroatoms. The summed E-state index contributed by atoms with van der Waals surface area (Å²) >= 11 is 0. The summed E-state index contributed by atoms with van der Waals surface area (Å²) in [5.41, 5.74) is 16.2. The maximum Gasteiger partial charge on any atom is 0.128 e. The van der Waals surface area contributed by atoms with Gasteiger partial charge in [-0.05, 0) is 43.7 Å². The van der Waals surface area contributed by atoms with Crippen molar-refractivity contribution in [1.29, 1.82) is 0 Å². The SMILES string of the molecule is NC1CCCN(c2ccncc2C2CC3C(CN2)NNC3c2ccccc2F)CC1. The molecule has 3 saturated heterocycles. The number of nitrogens with one attached hydrogen (secondary N) is 3. The molecule has 0 amide bonds. The highest BCUT2D eigenvalue weighted by atomic mass is 19.1. The maximum absolute atomic E-state index is 14.5. The van der Waals surface area contributed by atoms with E-state index in [4.69, 9.17) is 5.73 Å². The second-order valence-electron chi connectivity index (χ2n) is 8.87. The summed E-state index contributed by atoms with van der Waals surface area (Å²) in [4.78, 5) is 6.92. The zero-order chi connectivity index (χ0) is 20.5. The van der Waals surface area contributed by atoms with E-state index in [1.54, 1.807) is 12.1 Å². The minimum Gasteiger partial charge on any atom is -0.371 e. The third-order valence-corrected chi connectivity index (χ3v) is 7.02. The Labute approximate surface area is 177 Å². The molecule has 3 aliphatic heterocycles. The molecule has 3 aliphatic rings. The first-order chi connectivity index (χ1) is 14.7. The number of anilines is 1. The minimum atomic E-state index is -0.143. The predicted octanol–water partition coefficient (Wildman–Crippen LogP) is 2.41. The summed E-state index contributed by atoms with van der Waals surface area (Å²) < 4.78 is 14.5. The van der Waals surface area contributed by atoms with E-state index in [0.717, 1.165) is 50.9 Å². The molecule has 1 aromatic carbocycles. The molecule has 5 atom stereocenters. The first kappa shape index (κ1) is 19.9. The van der Waals surface area contributed by atoms with Crippen LogP contribution < -0.4 is 26.8 Å². The highest BCUT2D eigenvalue weighted by Crippen LogP contribution is 2.41. The van der Waals surface area contributed by atoms with Crippen molar-refractivity contribution in [1.82, 2.24) is 21.2 Å². The van der Waals surface area contributed by atoms with Crippen molar-refractivity contribution in [3.05, 3.63) is 59.7 Å². The average molecular weight is 411 g/mol. The van der Waals surface area contributed by atoms with Crippen LogP contribution in [0, 0.1) is 11.7 Å². The van der Waals surface area contributed by atoms with Gasteiger partial charge in [-0.1, -0.05) is 18.2 Å². The van der Waals surface area contributed by atoms with Crippen molar-refractivity contribution < 1.29 is 4.39 Å². The van der Waals surface area contributed by atoms with Gasteiger partial charge in [0.15, 0.2) is 0 Å². The number of hydrazine groups is 1. The van der Waals surface area contributed by atoms with Gasteiger partial charge in [-0.25, -0.2) is 9.82 Å². The van der Waals surface area contributed by atoms with Gasteiger partial charge in [-0.15, -0.1) is 0 Å². The van der Waals surface area contributed by atoms with Gasteiger partial charge in [0.1, 0.15) is 5.82 Å². The van der Waals surface area contributed by atoms with Crippen LogP contribution in [0.1, 0.15) is 48.9 Å². The van der Waals surface area contributed by atoms with Crippen LogP contribution in [0.25, 0.3) is 0 Å². The number of hydrogen-bond donors (Lipinski definition) is 4. The van der Waals surface area contributed by atoms with E-state index < -0.39 is 0 Å². The molecule has 5 unspecified atom stereocenters. The van der Waals surface area contributed by atoms with Crippen LogP contribution in [-0.4, -0.2) is 36.7 Å². The van der Waals surface area contributed by atoms with E-state index in [2.05, 4.69) is 32.1 Å². The largest absolute Gasteiger partial charge is 0.371 e. The van der Waals surface area contributed by atoms with Crippen molar-refractivity contribution in [3.63, 3.8) is 0 Å². The fraction of sp³-hybridized carbons (Fsp3) is 0.522. The summed E-state index contributed by atoms with van der Waals surface area (Å²) in [6, 6.07) is 9.98. The Bertz CT molecular complexity index is 876. The molecule has 0 spiro atoms. The number of nitrogens with two attached hydrogens (primary N) is 1. The minimum absolute atomic E-state index is 0.0305. The number of pyridine rings is 1. The first-order valence-electron chi connectivity index (χ1n) is 11.1. The summed E-state index contributed by atoms with van der Waals surface area (Å²) in [6.45, 7) is 2.86. The number of piperidine rings is 1. The Balaban J connectivity index is 1.39. The number of rotatable bonds is 3. The Morgan fingerprint density at radius 1 is 1.07 bits per heavy atom. The van der Waals surface area contributed by atoms with Crippen molar-refractivity contribution in [3.8, 4) is 0 Å². The van der Waals surface area contributed by atoms with Crippen molar-refractivity contribution in [2.24, 2.45) is 11.7 Å². The second kappa shape index (κ2) is 8.59. The molecule has 1 aromatic heterocycles. The number of benzene rings is 1. The lowest BCUT2D eigenvalue weighted by Gasteiger charge is -2.36. The smallest absolute Gasteiger partial charge is 0.128 e. The van der Waals surface area contributed by atoms with Gasteiger partial charge in [-0.2, -0.15) is 0 Å². The highest BCUT2D eigenvalue weighted by molar-refractivity contribution is 5.54. The zero-order valence-corrected chi connectivity index (χ0v) is 17.2. The molecular formula is C23H31FN6. The second-order valence-corrected chi connectivity index (χ2v) is 8.87. The maximum atomic E-state index is 14.5. The fourth-order valence-corrected chi connectivity index (χ4v) is 5.36. The van der Waals surface area contributed by atoms with Crippen LogP contribution in [0.3, 0.4) is 0 Å². The number of halogens is 1. The molecule has 5 rings (SSSR count). The molecular weight excluding hydrogens is 379 g/mol. The number of nitrogens with zero attached hydrogens (tertiary/aromatic N) is 2. The van der Waals surface area contributed by atoms with E-state index in [1.807, 2.05) is 24.5 Å². The van der Waals surface area contributed by atoms with Gasteiger partial charge >= 0.3 is 0 Å². The van der Waals surface area contributed by atoms with Crippen LogP contribution >= 0.6 is 0 Å². The molecule has 3 fully saturated rings. The first-order valence-corrected chi connectivity index (χ1v) is 11.1. The molecule has 6 nitrogen and oxygen atoms in total. The Morgan fingerprint density at radius 3 is 2.87 bits per heavy atom. The molecule has 0 aliphatic carbocycles. The number of aromatic nitrogens is 1. The molecule has 30 heavy (non-hydrogen) atoms. The fourth-order valence-electron chi connectivity index (χ4n) is 5.36. The van der Waals surface area contributed by atoms with Crippen LogP contribution in [0.5, 0.6) is 0 Å². The monoisotopic (exact) mass is 410 g/mol. The summed E-state index contributed by atoms with van der Waals surface area (Å²) in [5, 5.41) is 3.71. The predicted molar refractivity (Wildman–Crippen MR) is 116 cm³/mol. The Kier molecular flexibility index (Phi) is 5.69. The standard InChI is InChI=1S/C23H31FN6/c24-19-6-2-1-5-16(19)23-17-12-20(27-14-21(17)28-29-23)18-13-26-9-7-22(18)30-10-3-4-15(25)8-11-30/h1-2,5-7,9,13,15,17,20-21,23,27-29H,3-4,8,10-12,14,25H2. The van der Waals surface area contributed by atoms with E-state index in [0.29, 0.717) is 12.0 Å². The molecule has 4 heterocycles. The van der Waals surface area contributed by atoms with Gasteiger partial charge in [0.25, 0.3) is 0 Å². The molecule has 0 saturated carbocycles. The lowest BCUT2D eigenvalue weighted by Crippen LogP contribution is -2.46. The normalized spacial score (nSPS) is 31.9.